The number of thioether (sulfide) groups is 1. The third kappa shape index (κ3) is 3.58. The van der Waals surface area contributed by atoms with Crippen molar-refractivity contribution in [1.29, 1.82) is 0 Å². The molecule has 2 aliphatic heterocycles. The molecule has 0 bridgehead atoms. The lowest BCUT2D eigenvalue weighted by molar-refractivity contribution is -0.142. The minimum Gasteiger partial charge on any atom is -0.481 e. The molecule has 2 N–H and O–H groups in total. The number of urea groups is 1. The summed E-state index contributed by atoms with van der Waals surface area (Å²) in [5.74, 6) is 0.623. The summed E-state index contributed by atoms with van der Waals surface area (Å²) in [5.41, 5.74) is 0. The molecule has 2 aliphatic rings. The Labute approximate surface area is 123 Å². The number of carbonyl (C=O) groups is 2. The fourth-order valence-electron chi connectivity index (χ4n) is 2.71. The zero-order valence-electron chi connectivity index (χ0n) is 11.7. The van der Waals surface area contributed by atoms with Gasteiger partial charge in [-0.25, -0.2) is 4.79 Å². The normalized spacial score (nSPS) is 27.2. The minimum absolute atomic E-state index is 0.161. The summed E-state index contributed by atoms with van der Waals surface area (Å²) in [6.07, 6.45) is 1.97. The molecule has 114 valence electrons. The van der Waals surface area contributed by atoms with E-state index in [4.69, 9.17) is 4.74 Å². The lowest BCUT2D eigenvalue weighted by Gasteiger charge is -2.32. The Morgan fingerprint density at radius 1 is 1.35 bits per heavy atom. The molecule has 0 aromatic heterocycles. The highest BCUT2D eigenvalue weighted by molar-refractivity contribution is 7.99. The summed E-state index contributed by atoms with van der Waals surface area (Å²) in [5, 5.41) is 12.2. The Morgan fingerprint density at radius 2 is 2.05 bits per heavy atom. The third-order valence-corrected chi connectivity index (χ3v) is 4.97. The third-order valence-electron chi connectivity index (χ3n) is 3.92. The van der Waals surface area contributed by atoms with Crippen LogP contribution in [-0.2, 0) is 9.53 Å². The summed E-state index contributed by atoms with van der Waals surface area (Å²) in [6.45, 7) is 2.85. The van der Waals surface area contributed by atoms with Crippen molar-refractivity contribution in [2.45, 2.75) is 31.8 Å². The Bertz CT molecular complexity index is 360. The van der Waals surface area contributed by atoms with E-state index < -0.39 is 11.9 Å². The lowest BCUT2D eigenvalue weighted by Crippen LogP contribution is -2.53. The van der Waals surface area contributed by atoms with Crippen molar-refractivity contribution < 1.29 is 19.4 Å². The van der Waals surface area contributed by atoms with Crippen LogP contribution in [0, 0.1) is 5.92 Å². The molecule has 0 radical (unpaired) electrons. The molecule has 2 fully saturated rings. The second kappa shape index (κ2) is 7.17. The van der Waals surface area contributed by atoms with E-state index in [1.54, 1.807) is 4.90 Å². The van der Waals surface area contributed by atoms with Gasteiger partial charge in [-0.3, -0.25) is 4.79 Å². The van der Waals surface area contributed by atoms with Crippen molar-refractivity contribution in [1.82, 2.24) is 10.2 Å². The van der Waals surface area contributed by atoms with Gasteiger partial charge in [-0.1, -0.05) is 0 Å². The molecule has 0 spiro atoms. The van der Waals surface area contributed by atoms with Crippen molar-refractivity contribution >= 4 is 23.8 Å². The highest BCUT2D eigenvalue weighted by Gasteiger charge is 2.39. The van der Waals surface area contributed by atoms with E-state index in [0.29, 0.717) is 13.2 Å². The minimum atomic E-state index is -0.896. The second-order valence-electron chi connectivity index (χ2n) is 5.17. The van der Waals surface area contributed by atoms with Gasteiger partial charge in [0.25, 0.3) is 0 Å². The first kappa shape index (κ1) is 15.4. The van der Waals surface area contributed by atoms with Crippen molar-refractivity contribution in [2.24, 2.45) is 5.92 Å². The maximum absolute atomic E-state index is 12.4. The van der Waals surface area contributed by atoms with E-state index in [-0.39, 0.29) is 24.7 Å². The van der Waals surface area contributed by atoms with Gasteiger partial charge in [0, 0.05) is 12.6 Å². The van der Waals surface area contributed by atoms with Crippen LogP contribution in [0.4, 0.5) is 4.79 Å². The van der Waals surface area contributed by atoms with E-state index in [1.807, 2.05) is 18.7 Å². The number of hydrogen-bond acceptors (Lipinski definition) is 4. The number of carboxylic acids is 1. The van der Waals surface area contributed by atoms with Crippen LogP contribution in [0.3, 0.4) is 0 Å². The van der Waals surface area contributed by atoms with Gasteiger partial charge >= 0.3 is 12.0 Å². The summed E-state index contributed by atoms with van der Waals surface area (Å²) in [7, 11) is 0. The molecule has 2 amide bonds. The zero-order chi connectivity index (χ0) is 14.5. The average Bonchev–Trinajstić information content (AvgIpc) is 2.90. The number of ether oxygens (including phenoxy) is 1. The number of nitrogens with zero attached hydrogens (tertiary/aromatic N) is 1. The highest BCUT2D eigenvalue weighted by atomic mass is 32.2. The first-order valence-corrected chi connectivity index (χ1v) is 8.24. The number of hydrogen-bond donors (Lipinski definition) is 2. The number of amides is 2. The summed E-state index contributed by atoms with van der Waals surface area (Å²) in [4.78, 5) is 25.2. The molecular weight excluding hydrogens is 280 g/mol. The van der Waals surface area contributed by atoms with Gasteiger partial charge in [0.1, 0.15) is 5.92 Å². The first-order chi connectivity index (χ1) is 9.63. The Hall–Kier alpha value is -0.950. The fraction of sp³-hybridized carbons (Fsp3) is 0.846. The van der Waals surface area contributed by atoms with Crippen molar-refractivity contribution in [3.8, 4) is 0 Å². The molecule has 20 heavy (non-hydrogen) atoms. The predicted molar refractivity (Wildman–Crippen MR) is 77.0 cm³/mol. The maximum atomic E-state index is 12.4. The largest absolute Gasteiger partial charge is 0.481 e. The standard InChI is InChI=1S/C13H22N2O4S/c1-2-15(11-8-19-7-10(11)12(16)17)13(18)14-9-3-5-20-6-4-9/h9-11H,2-8H2,1H3,(H,14,18)(H,16,17). The number of aliphatic carboxylic acids is 1. The molecule has 2 heterocycles. The van der Waals surface area contributed by atoms with E-state index in [0.717, 1.165) is 24.3 Å². The Balaban J connectivity index is 1.95. The number of likely N-dealkylation sites (N-methyl/N-ethyl adjacent to an activating group) is 1. The molecule has 2 unspecified atom stereocenters. The van der Waals surface area contributed by atoms with Crippen molar-refractivity contribution in [3.05, 3.63) is 0 Å². The van der Waals surface area contributed by atoms with Crippen LogP contribution in [0.25, 0.3) is 0 Å². The second-order valence-corrected chi connectivity index (χ2v) is 6.40. The molecule has 2 saturated heterocycles. The van der Waals surface area contributed by atoms with Gasteiger partial charge in [-0.05, 0) is 31.3 Å². The van der Waals surface area contributed by atoms with Gasteiger partial charge in [0.05, 0.1) is 19.3 Å². The maximum Gasteiger partial charge on any atom is 0.317 e. The SMILES string of the molecule is CCN(C(=O)NC1CCSCC1)C1COCC1C(=O)O. The van der Waals surface area contributed by atoms with Gasteiger partial charge in [-0.2, -0.15) is 11.8 Å². The van der Waals surface area contributed by atoms with E-state index in [1.165, 1.54) is 0 Å². The molecule has 0 saturated carbocycles. The molecule has 0 aromatic rings. The summed E-state index contributed by atoms with van der Waals surface area (Å²) >= 11 is 1.91. The summed E-state index contributed by atoms with van der Waals surface area (Å²) in [6, 6.07) is -0.315. The van der Waals surface area contributed by atoms with E-state index in [9.17, 15) is 14.7 Å². The van der Waals surface area contributed by atoms with Crippen LogP contribution >= 0.6 is 11.8 Å². The van der Waals surface area contributed by atoms with Crippen LogP contribution in [-0.4, -0.2) is 65.4 Å². The van der Waals surface area contributed by atoms with Crippen LogP contribution in [0.15, 0.2) is 0 Å². The van der Waals surface area contributed by atoms with Crippen LogP contribution in [0.5, 0.6) is 0 Å². The molecule has 6 nitrogen and oxygen atoms in total. The number of carboxylic acid groups (broad SMARTS) is 1. The van der Waals surface area contributed by atoms with Crippen LogP contribution < -0.4 is 5.32 Å². The Kier molecular flexibility index (Phi) is 5.54. The van der Waals surface area contributed by atoms with Gasteiger partial charge in [0.2, 0.25) is 0 Å². The number of rotatable bonds is 4. The number of nitrogens with one attached hydrogen (secondary N) is 1. The van der Waals surface area contributed by atoms with E-state index in [2.05, 4.69) is 5.32 Å². The quantitative estimate of drug-likeness (QED) is 0.810. The molecular formula is C13H22N2O4S. The van der Waals surface area contributed by atoms with Gasteiger partial charge in [-0.15, -0.1) is 0 Å². The first-order valence-electron chi connectivity index (χ1n) is 7.09. The summed E-state index contributed by atoms with van der Waals surface area (Å²) < 4.78 is 5.25. The van der Waals surface area contributed by atoms with Gasteiger partial charge in [0.15, 0.2) is 0 Å². The molecule has 2 rings (SSSR count). The van der Waals surface area contributed by atoms with Crippen molar-refractivity contribution in [2.75, 3.05) is 31.3 Å². The zero-order valence-corrected chi connectivity index (χ0v) is 12.5. The molecule has 7 heteroatoms. The van der Waals surface area contributed by atoms with Gasteiger partial charge < -0.3 is 20.1 Å². The molecule has 2 atom stereocenters. The smallest absolute Gasteiger partial charge is 0.317 e. The topological polar surface area (TPSA) is 78.9 Å². The fourth-order valence-corrected chi connectivity index (χ4v) is 3.82. The van der Waals surface area contributed by atoms with E-state index >= 15 is 0 Å². The number of carbonyl (C=O) groups excluding carboxylic acids is 1. The predicted octanol–water partition coefficient (Wildman–Crippen LogP) is 1.01. The van der Waals surface area contributed by atoms with Crippen molar-refractivity contribution in [3.63, 3.8) is 0 Å². The van der Waals surface area contributed by atoms with Crippen LogP contribution in [0.2, 0.25) is 0 Å². The molecule has 0 aliphatic carbocycles. The Morgan fingerprint density at radius 3 is 2.65 bits per heavy atom. The van der Waals surface area contributed by atoms with Crippen LogP contribution in [0.1, 0.15) is 19.8 Å². The average molecular weight is 302 g/mol. The lowest BCUT2D eigenvalue weighted by atomic mass is 10.0. The monoisotopic (exact) mass is 302 g/mol. The highest BCUT2D eigenvalue weighted by Crippen LogP contribution is 2.21. The molecule has 0 aromatic carbocycles.